The highest BCUT2D eigenvalue weighted by atomic mass is 19.4. The highest BCUT2D eigenvalue weighted by Gasteiger charge is 2.36. The molecule has 0 aliphatic carbocycles. The molecule has 0 aliphatic rings. The molecule has 1 atom stereocenters. The van der Waals surface area contributed by atoms with Gasteiger partial charge in [-0.1, -0.05) is 0 Å². The molecular formula is C14H11F3N2O. The van der Waals surface area contributed by atoms with Crippen molar-refractivity contribution in [2.24, 2.45) is 0 Å². The molecule has 0 saturated carbocycles. The standard InChI is InChI=1S/C14H11F3N2O/c1-8(9(2)20)19-6-5-11-12(19)4-3-10(7-18)13(11)14(15,16)17/h3-6,8H,1-2H3. The van der Waals surface area contributed by atoms with Crippen LogP contribution in [0.5, 0.6) is 0 Å². The second kappa shape index (κ2) is 4.67. The molecule has 0 fully saturated rings. The van der Waals surface area contributed by atoms with E-state index < -0.39 is 23.3 Å². The largest absolute Gasteiger partial charge is 0.418 e. The molecule has 2 rings (SSSR count). The number of alkyl halides is 3. The number of carbonyl (C=O) groups excluding carboxylic acids is 1. The van der Waals surface area contributed by atoms with Gasteiger partial charge < -0.3 is 4.57 Å². The number of Topliss-reactive ketones (excluding diaryl/α,β-unsaturated/α-hetero) is 1. The van der Waals surface area contributed by atoms with Gasteiger partial charge in [0.15, 0.2) is 5.78 Å². The molecule has 0 amide bonds. The smallest absolute Gasteiger partial charge is 0.337 e. The molecule has 3 nitrogen and oxygen atoms in total. The van der Waals surface area contributed by atoms with E-state index in [2.05, 4.69) is 0 Å². The lowest BCUT2D eigenvalue weighted by Crippen LogP contribution is -2.13. The molecule has 0 saturated heterocycles. The number of rotatable bonds is 2. The van der Waals surface area contributed by atoms with Crippen molar-refractivity contribution in [2.75, 3.05) is 0 Å². The Morgan fingerprint density at radius 2 is 2.00 bits per heavy atom. The van der Waals surface area contributed by atoms with Gasteiger partial charge in [0.2, 0.25) is 0 Å². The number of fused-ring (bicyclic) bond motifs is 1. The zero-order valence-electron chi connectivity index (χ0n) is 10.8. The molecule has 2 aromatic rings. The van der Waals surface area contributed by atoms with E-state index in [1.165, 1.54) is 29.8 Å². The fourth-order valence-electron chi connectivity index (χ4n) is 2.17. The minimum atomic E-state index is -4.61. The van der Waals surface area contributed by atoms with Crippen molar-refractivity contribution < 1.29 is 18.0 Å². The fraction of sp³-hybridized carbons (Fsp3) is 0.286. The summed E-state index contributed by atoms with van der Waals surface area (Å²) in [7, 11) is 0. The maximum absolute atomic E-state index is 13.1. The van der Waals surface area contributed by atoms with E-state index in [0.717, 1.165) is 6.07 Å². The summed E-state index contributed by atoms with van der Waals surface area (Å²) in [6, 6.07) is 4.86. The summed E-state index contributed by atoms with van der Waals surface area (Å²) >= 11 is 0. The van der Waals surface area contributed by atoms with Gasteiger partial charge in [0.25, 0.3) is 0 Å². The first-order valence-electron chi connectivity index (χ1n) is 5.88. The number of carbonyl (C=O) groups is 1. The van der Waals surface area contributed by atoms with Gasteiger partial charge >= 0.3 is 6.18 Å². The molecule has 1 unspecified atom stereocenters. The molecule has 6 heteroatoms. The lowest BCUT2D eigenvalue weighted by molar-refractivity contribution is -0.136. The number of halogens is 3. The SMILES string of the molecule is CC(=O)C(C)n1ccc2c(C(F)(F)F)c(C#N)ccc21. The van der Waals surface area contributed by atoms with Crippen LogP contribution in [0.2, 0.25) is 0 Å². The molecule has 0 spiro atoms. The number of benzene rings is 1. The van der Waals surface area contributed by atoms with E-state index in [1.54, 1.807) is 13.0 Å². The molecule has 104 valence electrons. The van der Waals surface area contributed by atoms with Gasteiger partial charge in [-0.3, -0.25) is 4.79 Å². The Hall–Kier alpha value is -2.29. The number of aromatic nitrogens is 1. The van der Waals surface area contributed by atoms with Crippen LogP contribution in [0.4, 0.5) is 13.2 Å². The molecule has 0 N–H and O–H groups in total. The Morgan fingerprint density at radius 1 is 1.35 bits per heavy atom. The van der Waals surface area contributed by atoms with E-state index in [-0.39, 0.29) is 11.2 Å². The molecule has 0 aliphatic heterocycles. The number of nitriles is 1. The first-order valence-corrected chi connectivity index (χ1v) is 5.88. The minimum Gasteiger partial charge on any atom is -0.337 e. The van der Waals surface area contributed by atoms with E-state index in [0.29, 0.717) is 5.52 Å². The van der Waals surface area contributed by atoms with Gasteiger partial charge in [-0.25, -0.2) is 0 Å². The van der Waals surface area contributed by atoms with Gasteiger partial charge in [-0.05, 0) is 32.0 Å². The van der Waals surface area contributed by atoms with E-state index in [1.807, 2.05) is 0 Å². The zero-order valence-corrected chi connectivity index (χ0v) is 10.8. The molecular weight excluding hydrogens is 269 g/mol. The molecule has 20 heavy (non-hydrogen) atoms. The van der Waals surface area contributed by atoms with Crippen molar-refractivity contribution >= 4 is 16.7 Å². The molecule has 1 aromatic heterocycles. The fourth-order valence-corrected chi connectivity index (χ4v) is 2.17. The van der Waals surface area contributed by atoms with Crippen LogP contribution < -0.4 is 0 Å². The Balaban J connectivity index is 2.79. The Bertz CT molecular complexity index is 722. The van der Waals surface area contributed by atoms with Crippen molar-refractivity contribution in [1.29, 1.82) is 5.26 Å². The average molecular weight is 280 g/mol. The Kier molecular flexibility index (Phi) is 3.30. The van der Waals surface area contributed by atoms with Crippen LogP contribution in [-0.2, 0) is 11.0 Å². The minimum absolute atomic E-state index is 0.0651. The summed E-state index contributed by atoms with van der Waals surface area (Å²) < 4.78 is 40.8. The monoisotopic (exact) mass is 280 g/mol. The van der Waals surface area contributed by atoms with E-state index in [4.69, 9.17) is 5.26 Å². The second-order valence-corrected chi connectivity index (χ2v) is 4.54. The topological polar surface area (TPSA) is 45.8 Å². The van der Waals surface area contributed by atoms with Gasteiger partial charge in [-0.15, -0.1) is 0 Å². The maximum atomic E-state index is 13.1. The normalized spacial score (nSPS) is 13.2. The highest BCUT2D eigenvalue weighted by Crippen LogP contribution is 2.38. The summed E-state index contributed by atoms with van der Waals surface area (Å²) in [6.07, 6.45) is -3.18. The van der Waals surface area contributed by atoms with E-state index in [9.17, 15) is 18.0 Å². The van der Waals surface area contributed by atoms with Gasteiger partial charge in [-0.2, -0.15) is 18.4 Å². The maximum Gasteiger partial charge on any atom is 0.418 e. The van der Waals surface area contributed by atoms with Crippen LogP contribution in [0, 0.1) is 11.3 Å². The van der Waals surface area contributed by atoms with Crippen LogP contribution in [0.15, 0.2) is 24.4 Å². The molecule has 0 radical (unpaired) electrons. The summed E-state index contributed by atoms with van der Waals surface area (Å²) in [6.45, 7) is 3.00. The van der Waals surface area contributed by atoms with Crippen LogP contribution in [0.1, 0.15) is 31.0 Å². The third-order valence-corrected chi connectivity index (χ3v) is 3.31. The van der Waals surface area contributed by atoms with Gasteiger partial charge in [0, 0.05) is 17.1 Å². The van der Waals surface area contributed by atoms with Crippen LogP contribution in [0.25, 0.3) is 10.9 Å². The van der Waals surface area contributed by atoms with E-state index >= 15 is 0 Å². The number of nitrogens with zero attached hydrogens (tertiary/aromatic N) is 2. The number of hydrogen-bond donors (Lipinski definition) is 0. The van der Waals surface area contributed by atoms with Crippen molar-refractivity contribution in [3.05, 3.63) is 35.5 Å². The molecule has 1 heterocycles. The Labute approximate surface area is 113 Å². The molecule has 0 bridgehead atoms. The second-order valence-electron chi connectivity index (χ2n) is 4.54. The predicted octanol–water partition coefficient (Wildman–Crippen LogP) is 3.68. The van der Waals surface area contributed by atoms with Crippen LogP contribution in [-0.4, -0.2) is 10.4 Å². The third-order valence-electron chi connectivity index (χ3n) is 3.31. The number of hydrogen-bond acceptors (Lipinski definition) is 2. The average Bonchev–Trinajstić information content (AvgIpc) is 2.78. The highest BCUT2D eigenvalue weighted by molar-refractivity contribution is 5.89. The summed E-state index contributed by atoms with van der Waals surface area (Å²) in [5.41, 5.74) is -1.08. The quantitative estimate of drug-likeness (QED) is 0.842. The third kappa shape index (κ3) is 2.16. The molecule has 1 aromatic carbocycles. The zero-order chi connectivity index (χ0) is 15.1. The van der Waals surface area contributed by atoms with Crippen molar-refractivity contribution in [3.8, 4) is 6.07 Å². The van der Waals surface area contributed by atoms with Gasteiger partial charge in [0.1, 0.15) is 0 Å². The lowest BCUT2D eigenvalue weighted by Gasteiger charge is -2.14. The van der Waals surface area contributed by atoms with Crippen LogP contribution >= 0.6 is 0 Å². The summed E-state index contributed by atoms with van der Waals surface area (Å²) in [5.74, 6) is -0.152. The first-order chi connectivity index (χ1) is 9.27. The van der Waals surface area contributed by atoms with Gasteiger partial charge in [0.05, 0.1) is 23.2 Å². The van der Waals surface area contributed by atoms with Crippen molar-refractivity contribution in [1.82, 2.24) is 4.57 Å². The van der Waals surface area contributed by atoms with Crippen molar-refractivity contribution in [3.63, 3.8) is 0 Å². The lowest BCUT2D eigenvalue weighted by atomic mass is 10.0. The first kappa shape index (κ1) is 14.1. The predicted molar refractivity (Wildman–Crippen MR) is 67.0 cm³/mol. The summed E-state index contributed by atoms with van der Waals surface area (Å²) in [5, 5.41) is 8.77. The number of ketones is 1. The van der Waals surface area contributed by atoms with Crippen LogP contribution in [0.3, 0.4) is 0 Å². The summed E-state index contributed by atoms with van der Waals surface area (Å²) in [4.78, 5) is 11.4. The van der Waals surface area contributed by atoms with Crippen molar-refractivity contribution in [2.45, 2.75) is 26.1 Å². The Morgan fingerprint density at radius 3 is 2.50 bits per heavy atom.